The summed E-state index contributed by atoms with van der Waals surface area (Å²) in [5.41, 5.74) is 0.339. The van der Waals surface area contributed by atoms with Crippen LogP contribution in [-0.2, 0) is 16.6 Å². The predicted octanol–water partition coefficient (Wildman–Crippen LogP) is 4.37. The molecule has 0 atom stereocenters. The minimum atomic E-state index is -4.02. The molecule has 0 radical (unpaired) electrons. The van der Waals surface area contributed by atoms with Crippen LogP contribution in [0.15, 0.2) is 47.4 Å². The summed E-state index contributed by atoms with van der Waals surface area (Å²) in [4.78, 5) is 3.29. The maximum Gasteiger partial charge on any atom is 0.299 e. The van der Waals surface area contributed by atoms with Gasteiger partial charge in [-0.25, -0.2) is 28.2 Å². The van der Waals surface area contributed by atoms with E-state index in [4.69, 9.17) is 6.57 Å². The number of alkyl halides is 2. The van der Waals surface area contributed by atoms with Crippen LogP contribution in [0, 0.1) is 12.4 Å². The Hall–Kier alpha value is -3.34. The van der Waals surface area contributed by atoms with Gasteiger partial charge in [-0.05, 0) is 35.9 Å². The summed E-state index contributed by atoms with van der Waals surface area (Å²) < 4.78 is 69.3. The maximum atomic E-state index is 13.3. The van der Waals surface area contributed by atoms with E-state index in [1.165, 1.54) is 24.3 Å². The highest BCUT2D eigenvalue weighted by atomic mass is 32.2. The van der Waals surface area contributed by atoms with Gasteiger partial charge in [-0.3, -0.25) is 9.53 Å². The number of sulfonamides is 1. The average molecular weight is 505 g/mol. The second kappa shape index (κ2) is 8.15. The first kappa shape index (κ1) is 22.5. The van der Waals surface area contributed by atoms with E-state index in [0.29, 0.717) is 35.1 Å². The average Bonchev–Trinajstić information content (AvgIpc) is 3.24. The fourth-order valence-corrected chi connectivity index (χ4v) is 5.54. The molecule has 0 saturated heterocycles. The molecule has 0 unspecified atom stereocenters. The predicted molar refractivity (Wildman–Crippen MR) is 118 cm³/mol. The highest BCUT2D eigenvalue weighted by Crippen LogP contribution is 2.39. The van der Waals surface area contributed by atoms with Crippen molar-refractivity contribution in [2.45, 2.75) is 36.4 Å². The Balaban J connectivity index is 1.62. The molecule has 1 fully saturated rings. The van der Waals surface area contributed by atoms with Crippen molar-refractivity contribution in [3.8, 4) is 10.7 Å². The molecule has 0 spiro atoms. The molecular formula is C21H15F3N6O2S2. The standard InChI is InChI=1S/C21H15F3N6O2S2/c1-25-21(8-9-21)29-34(31,32)14-6-7-16-15(10-14)17(19-26-27-20(33-19)18(23)24)28-30(16)11-12-2-4-13(22)5-3-12/h2-7,10,18,29H,8-9,11H2. The van der Waals surface area contributed by atoms with Crippen LogP contribution in [-0.4, -0.2) is 34.1 Å². The minimum absolute atomic E-state index is 0.0869. The van der Waals surface area contributed by atoms with Gasteiger partial charge in [-0.2, -0.15) is 5.10 Å². The van der Waals surface area contributed by atoms with Crippen molar-refractivity contribution in [3.05, 3.63) is 70.3 Å². The number of hydrogen-bond acceptors (Lipinski definition) is 6. The van der Waals surface area contributed by atoms with Gasteiger partial charge < -0.3 is 0 Å². The first-order chi connectivity index (χ1) is 16.2. The van der Waals surface area contributed by atoms with E-state index in [0.717, 1.165) is 5.56 Å². The SMILES string of the molecule is [C-]#[N+]C1(NS(=O)(=O)c2ccc3c(c2)c(-c2nnc(C(F)F)s2)nn3Cc2ccc(F)cc2)CC1. The van der Waals surface area contributed by atoms with Crippen LogP contribution in [0.4, 0.5) is 13.2 Å². The Kier molecular flexibility index (Phi) is 5.38. The van der Waals surface area contributed by atoms with Crippen LogP contribution in [0.2, 0.25) is 0 Å². The van der Waals surface area contributed by atoms with Gasteiger partial charge in [-0.15, -0.1) is 14.9 Å². The summed E-state index contributed by atoms with van der Waals surface area (Å²) in [5.74, 6) is -0.390. The zero-order valence-electron chi connectivity index (χ0n) is 17.2. The van der Waals surface area contributed by atoms with Crippen LogP contribution in [0.1, 0.15) is 29.8 Å². The van der Waals surface area contributed by atoms with Gasteiger partial charge in [0.25, 0.3) is 12.1 Å². The highest BCUT2D eigenvalue weighted by molar-refractivity contribution is 7.89. The number of benzene rings is 2. The van der Waals surface area contributed by atoms with Crippen molar-refractivity contribution in [3.63, 3.8) is 0 Å². The molecule has 8 nitrogen and oxygen atoms in total. The topological polar surface area (TPSA) is 94.1 Å². The molecule has 2 aromatic heterocycles. The summed E-state index contributed by atoms with van der Waals surface area (Å²) in [7, 11) is -4.02. The fraction of sp³-hybridized carbons (Fsp3) is 0.238. The Morgan fingerprint density at radius 1 is 1.18 bits per heavy atom. The number of nitrogens with zero attached hydrogens (tertiary/aromatic N) is 5. The molecule has 5 rings (SSSR count). The van der Waals surface area contributed by atoms with Crippen LogP contribution < -0.4 is 4.72 Å². The summed E-state index contributed by atoms with van der Waals surface area (Å²) in [5, 5.41) is 11.8. The Morgan fingerprint density at radius 2 is 1.91 bits per heavy atom. The zero-order valence-corrected chi connectivity index (χ0v) is 18.9. The molecule has 0 bridgehead atoms. The lowest BCUT2D eigenvalue weighted by Gasteiger charge is -2.08. The molecule has 34 heavy (non-hydrogen) atoms. The zero-order chi connectivity index (χ0) is 24.1. The third-order valence-corrected chi connectivity index (χ3v) is 7.83. The Morgan fingerprint density at radius 3 is 2.53 bits per heavy atom. The first-order valence-corrected chi connectivity index (χ1v) is 12.3. The van der Waals surface area contributed by atoms with Crippen molar-refractivity contribution in [1.29, 1.82) is 0 Å². The van der Waals surface area contributed by atoms with E-state index in [9.17, 15) is 21.6 Å². The summed E-state index contributed by atoms with van der Waals surface area (Å²) in [6, 6.07) is 10.1. The molecular weight excluding hydrogens is 489 g/mol. The van der Waals surface area contributed by atoms with Crippen molar-refractivity contribution in [1.82, 2.24) is 24.7 Å². The lowest BCUT2D eigenvalue weighted by atomic mass is 10.2. The second-order valence-electron chi connectivity index (χ2n) is 7.81. The third-order valence-electron chi connectivity index (χ3n) is 5.37. The molecule has 13 heteroatoms. The van der Waals surface area contributed by atoms with Crippen molar-refractivity contribution < 1.29 is 21.6 Å². The fourth-order valence-electron chi connectivity index (χ4n) is 3.45. The van der Waals surface area contributed by atoms with Gasteiger partial charge in [0.15, 0.2) is 10.0 Å². The summed E-state index contributed by atoms with van der Waals surface area (Å²) in [6.45, 7) is 7.46. The van der Waals surface area contributed by atoms with Gasteiger partial charge in [-0.1, -0.05) is 23.5 Å². The number of fused-ring (bicyclic) bond motifs is 1. The molecule has 0 amide bonds. The van der Waals surface area contributed by atoms with E-state index < -0.39 is 32.9 Å². The Bertz CT molecular complexity index is 1540. The van der Waals surface area contributed by atoms with E-state index in [1.54, 1.807) is 22.9 Å². The quantitative estimate of drug-likeness (QED) is 0.377. The third kappa shape index (κ3) is 4.15. The highest BCUT2D eigenvalue weighted by Gasteiger charge is 2.54. The number of nitrogens with one attached hydrogen (secondary N) is 1. The number of halogens is 3. The van der Waals surface area contributed by atoms with E-state index >= 15 is 0 Å². The molecule has 174 valence electrons. The molecule has 2 heterocycles. The van der Waals surface area contributed by atoms with E-state index in [1.807, 2.05) is 0 Å². The lowest BCUT2D eigenvalue weighted by molar-refractivity contribution is 0.150. The van der Waals surface area contributed by atoms with Gasteiger partial charge in [0.05, 0.1) is 29.8 Å². The summed E-state index contributed by atoms with van der Waals surface area (Å²) in [6.07, 6.45) is -1.94. The van der Waals surface area contributed by atoms with Crippen LogP contribution >= 0.6 is 11.3 Å². The molecule has 2 aromatic carbocycles. The van der Waals surface area contributed by atoms with Crippen molar-refractivity contribution >= 4 is 32.3 Å². The van der Waals surface area contributed by atoms with Gasteiger partial charge in [0.1, 0.15) is 11.5 Å². The Labute approximate surface area is 195 Å². The molecule has 0 aliphatic heterocycles. The minimum Gasteiger partial charge on any atom is -0.292 e. The molecule has 1 N–H and O–H groups in total. The van der Waals surface area contributed by atoms with Crippen LogP contribution in [0.25, 0.3) is 26.4 Å². The maximum absolute atomic E-state index is 13.3. The summed E-state index contributed by atoms with van der Waals surface area (Å²) >= 11 is 0.665. The molecule has 1 aliphatic carbocycles. The van der Waals surface area contributed by atoms with Crippen LogP contribution in [0.3, 0.4) is 0 Å². The van der Waals surface area contributed by atoms with Crippen LogP contribution in [0.5, 0.6) is 0 Å². The van der Waals surface area contributed by atoms with Gasteiger partial charge >= 0.3 is 0 Å². The number of hydrogen-bond donors (Lipinski definition) is 1. The largest absolute Gasteiger partial charge is 0.299 e. The first-order valence-electron chi connectivity index (χ1n) is 9.99. The normalized spacial score (nSPS) is 15.0. The molecule has 1 aliphatic rings. The number of aromatic nitrogens is 4. The monoisotopic (exact) mass is 504 g/mol. The van der Waals surface area contributed by atoms with Gasteiger partial charge in [0, 0.05) is 5.39 Å². The second-order valence-corrected chi connectivity index (χ2v) is 10.5. The molecule has 1 saturated carbocycles. The smallest absolute Gasteiger partial charge is 0.292 e. The van der Waals surface area contributed by atoms with Gasteiger partial charge in [0.2, 0.25) is 10.0 Å². The molecule has 4 aromatic rings. The van der Waals surface area contributed by atoms with Crippen molar-refractivity contribution in [2.24, 2.45) is 0 Å². The van der Waals surface area contributed by atoms with E-state index in [2.05, 4.69) is 24.9 Å². The van der Waals surface area contributed by atoms with E-state index in [-0.39, 0.29) is 22.1 Å². The lowest BCUT2D eigenvalue weighted by Crippen LogP contribution is -2.34. The van der Waals surface area contributed by atoms with Crippen molar-refractivity contribution in [2.75, 3.05) is 0 Å². The number of rotatable bonds is 7.